The van der Waals surface area contributed by atoms with E-state index in [-0.39, 0.29) is 25.3 Å². The van der Waals surface area contributed by atoms with Gasteiger partial charge in [-0.25, -0.2) is 4.79 Å². The number of aromatic nitrogens is 2. The first-order valence-corrected chi connectivity index (χ1v) is 14.9. The second kappa shape index (κ2) is 9.77. The maximum atomic E-state index is 12.9. The molecule has 1 aliphatic carbocycles. The van der Waals surface area contributed by atoms with Crippen LogP contribution >= 0.6 is 7.60 Å². The molecule has 1 aromatic heterocycles. The van der Waals surface area contributed by atoms with Gasteiger partial charge in [0.15, 0.2) is 0 Å². The highest BCUT2D eigenvalue weighted by molar-refractivity contribution is 7.52. The summed E-state index contributed by atoms with van der Waals surface area (Å²) in [6.07, 6.45) is 5.80. The Kier molecular flexibility index (Phi) is 6.42. The third-order valence-electron chi connectivity index (χ3n) is 7.57. The summed E-state index contributed by atoms with van der Waals surface area (Å²) in [7, 11) is -1.34. The summed E-state index contributed by atoms with van der Waals surface area (Å²) < 4.78 is 31.7. The van der Waals surface area contributed by atoms with Gasteiger partial charge in [-0.05, 0) is 54.0 Å². The molecule has 1 N–H and O–H groups in total. The number of cyclic esters (lactones) is 1. The van der Waals surface area contributed by atoms with E-state index in [2.05, 4.69) is 42.5 Å². The van der Waals surface area contributed by atoms with Gasteiger partial charge in [-0.3, -0.25) is 19.2 Å². The molecule has 2 aromatic carbocycles. The molecular formula is C29H32N3O5P. The number of nitrogens with zero attached hydrogens (tertiary/aromatic N) is 2. The number of nitrogens with one attached hydrogen (secondary N) is 1. The van der Waals surface area contributed by atoms with Crippen LogP contribution in [0.25, 0.3) is 16.8 Å². The molecule has 3 aromatic rings. The fourth-order valence-corrected chi connectivity index (χ4v) is 6.49. The van der Waals surface area contributed by atoms with Gasteiger partial charge in [-0.1, -0.05) is 54.6 Å². The van der Waals surface area contributed by atoms with E-state index in [9.17, 15) is 9.36 Å². The molecule has 1 fully saturated rings. The fourth-order valence-electron chi connectivity index (χ4n) is 5.62. The van der Waals surface area contributed by atoms with E-state index < -0.39 is 13.7 Å². The van der Waals surface area contributed by atoms with E-state index >= 15 is 0 Å². The van der Waals surface area contributed by atoms with Crippen LogP contribution in [-0.4, -0.2) is 46.2 Å². The molecule has 2 aliphatic heterocycles. The zero-order valence-corrected chi connectivity index (χ0v) is 22.7. The summed E-state index contributed by atoms with van der Waals surface area (Å²) in [5.41, 5.74) is 9.17. The molecular weight excluding hydrogens is 501 g/mol. The number of benzene rings is 2. The Hall–Kier alpha value is -3.32. The number of aromatic amines is 1. The number of hydrogen-bond acceptors (Lipinski definition) is 5. The second-order valence-electron chi connectivity index (χ2n) is 10.3. The van der Waals surface area contributed by atoms with Gasteiger partial charge in [0.05, 0.1) is 24.9 Å². The monoisotopic (exact) mass is 533 g/mol. The number of amides is 1. The lowest BCUT2D eigenvalue weighted by Crippen LogP contribution is -2.33. The number of aryl methyl sites for hydroxylation is 2. The second-order valence-corrected chi connectivity index (χ2v) is 12.4. The molecule has 3 unspecified atom stereocenters. The van der Waals surface area contributed by atoms with Crippen LogP contribution in [0.3, 0.4) is 0 Å². The summed E-state index contributed by atoms with van der Waals surface area (Å²) in [6, 6.07) is 16.0. The van der Waals surface area contributed by atoms with Crippen molar-refractivity contribution >= 4 is 19.3 Å². The van der Waals surface area contributed by atoms with Gasteiger partial charge in [-0.15, -0.1) is 0 Å². The Bertz CT molecular complexity index is 1470. The number of carbonyl (C=O) groups is 1. The number of fused-ring (bicyclic) bond motifs is 2. The quantitative estimate of drug-likeness (QED) is 0.338. The van der Waals surface area contributed by atoms with Crippen LogP contribution in [0.15, 0.2) is 72.1 Å². The maximum absolute atomic E-state index is 12.9. The minimum absolute atomic E-state index is 0.0341. The van der Waals surface area contributed by atoms with E-state index in [0.29, 0.717) is 6.42 Å². The van der Waals surface area contributed by atoms with Crippen molar-refractivity contribution < 1.29 is 23.1 Å². The largest absolute Gasteiger partial charge is 0.441 e. The van der Waals surface area contributed by atoms with E-state index in [1.165, 1.54) is 34.5 Å². The number of H-pyrrole nitrogens is 1. The van der Waals surface area contributed by atoms with Crippen molar-refractivity contribution in [2.45, 2.75) is 44.9 Å². The van der Waals surface area contributed by atoms with Crippen LogP contribution in [0.1, 0.15) is 36.0 Å². The lowest BCUT2D eigenvalue weighted by molar-refractivity contribution is 0.0817. The van der Waals surface area contributed by atoms with Gasteiger partial charge in [0, 0.05) is 31.2 Å². The Morgan fingerprint density at radius 3 is 2.66 bits per heavy atom. The first-order chi connectivity index (χ1) is 18.3. The molecule has 0 radical (unpaired) electrons. The van der Waals surface area contributed by atoms with Crippen molar-refractivity contribution in [3.05, 3.63) is 88.8 Å². The molecule has 6 rings (SSSR count). The zero-order valence-electron chi connectivity index (χ0n) is 21.8. The number of hydrogen-bond donors (Lipinski definition) is 1. The Morgan fingerprint density at radius 2 is 1.92 bits per heavy atom. The summed E-state index contributed by atoms with van der Waals surface area (Å²) in [5.74, 6) is 0. The molecule has 0 saturated carbocycles. The van der Waals surface area contributed by atoms with Crippen LogP contribution in [0.5, 0.6) is 0 Å². The Morgan fingerprint density at radius 1 is 1.13 bits per heavy atom. The molecule has 0 spiro atoms. The summed E-state index contributed by atoms with van der Waals surface area (Å²) in [6.45, 7) is 3.83. The van der Waals surface area contributed by atoms with Gasteiger partial charge in [0.25, 0.3) is 0 Å². The molecule has 3 atom stereocenters. The van der Waals surface area contributed by atoms with Gasteiger partial charge < -0.3 is 13.8 Å². The third kappa shape index (κ3) is 4.80. The Labute approximate surface area is 222 Å². The molecule has 1 saturated heterocycles. The van der Waals surface area contributed by atoms with Crippen LogP contribution < -0.4 is 0 Å². The summed E-state index contributed by atoms with van der Waals surface area (Å²) >= 11 is 0. The lowest BCUT2D eigenvalue weighted by Gasteiger charge is -2.22. The molecule has 3 aliphatic rings. The highest BCUT2D eigenvalue weighted by atomic mass is 31.2. The third-order valence-corrected chi connectivity index (χ3v) is 8.78. The van der Waals surface area contributed by atoms with Gasteiger partial charge >= 0.3 is 13.7 Å². The molecule has 8 nitrogen and oxygen atoms in total. The predicted molar refractivity (Wildman–Crippen MR) is 145 cm³/mol. The van der Waals surface area contributed by atoms with Gasteiger partial charge in [0.2, 0.25) is 0 Å². The van der Waals surface area contributed by atoms with Crippen molar-refractivity contribution in [3.8, 4) is 11.3 Å². The molecule has 9 heteroatoms. The van der Waals surface area contributed by atoms with Crippen molar-refractivity contribution in [1.29, 1.82) is 0 Å². The van der Waals surface area contributed by atoms with Crippen molar-refractivity contribution in [1.82, 2.24) is 14.7 Å². The molecule has 38 heavy (non-hydrogen) atoms. The standard InChI is InChI=1S/C29H32N3O5P/c1-19-13-21(9-11-24(19)25-16-31(2)30-25)22-10-12-26-23(14-22)15-27-28(37-29(33)32(26)27)18-36-38(3,34)35-17-20-7-5-4-6-8-20/h4-9,11,13-14,16,27-28,30H,10,12,15,17-18H2,1-3H3. The van der Waals surface area contributed by atoms with Crippen LogP contribution in [0, 0.1) is 6.92 Å². The highest BCUT2D eigenvalue weighted by Gasteiger charge is 2.49. The maximum Gasteiger partial charge on any atom is 0.414 e. The van der Waals surface area contributed by atoms with Crippen LogP contribution in [0.4, 0.5) is 4.79 Å². The molecule has 1 amide bonds. The smallest absolute Gasteiger partial charge is 0.414 e. The number of allylic oxidation sites excluding steroid dienone is 3. The summed E-state index contributed by atoms with van der Waals surface area (Å²) in [4.78, 5) is 14.6. The van der Waals surface area contributed by atoms with E-state index in [0.717, 1.165) is 29.8 Å². The first-order valence-electron chi connectivity index (χ1n) is 12.9. The topological polar surface area (TPSA) is 85.8 Å². The van der Waals surface area contributed by atoms with E-state index in [1.54, 1.807) is 4.90 Å². The van der Waals surface area contributed by atoms with Crippen LogP contribution in [-0.2, 0) is 32.0 Å². The minimum atomic E-state index is -3.31. The van der Waals surface area contributed by atoms with Crippen LogP contribution in [0.2, 0.25) is 0 Å². The number of ether oxygens (including phenoxy) is 1. The number of carbonyl (C=O) groups excluding carboxylic acids is 1. The first kappa shape index (κ1) is 25.0. The molecule has 3 heterocycles. The molecule has 0 bridgehead atoms. The average Bonchev–Trinajstić information content (AvgIpc) is 3.42. The van der Waals surface area contributed by atoms with Crippen molar-refractivity contribution in [2.75, 3.05) is 13.3 Å². The molecule has 198 valence electrons. The number of rotatable bonds is 8. The van der Waals surface area contributed by atoms with Gasteiger partial charge in [0.1, 0.15) is 6.10 Å². The fraction of sp³-hybridized carbons (Fsp3) is 0.345. The van der Waals surface area contributed by atoms with E-state index in [4.69, 9.17) is 13.8 Å². The van der Waals surface area contributed by atoms with Crippen molar-refractivity contribution in [3.63, 3.8) is 0 Å². The zero-order chi connectivity index (χ0) is 26.4. The lowest BCUT2D eigenvalue weighted by atomic mass is 9.89. The van der Waals surface area contributed by atoms with E-state index in [1.807, 2.05) is 42.1 Å². The normalized spacial score (nSPS) is 22.2. The Balaban J connectivity index is 1.12. The highest BCUT2D eigenvalue weighted by Crippen LogP contribution is 2.48. The predicted octanol–water partition coefficient (Wildman–Crippen LogP) is 6.41. The summed E-state index contributed by atoms with van der Waals surface area (Å²) in [5, 5.41) is 3.28. The van der Waals surface area contributed by atoms with Crippen molar-refractivity contribution in [2.24, 2.45) is 7.05 Å². The minimum Gasteiger partial charge on any atom is -0.441 e. The SMILES string of the molecule is Cc1cc(C2=CC3=C(CC2)N2C(=O)OC(COP(C)(=O)OCc4ccccc4)C2C3)ccc1-c1cn(C)[nH]1. The average molecular weight is 534 g/mol. The van der Waals surface area contributed by atoms with Gasteiger partial charge in [-0.2, -0.15) is 0 Å².